The van der Waals surface area contributed by atoms with Crippen molar-refractivity contribution in [1.29, 1.82) is 0 Å². The molecule has 9 heteroatoms. The highest BCUT2D eigenvalue weighted by Crippen LogP contribution is 2.32. The number of amides is 2. The van der Waals surface area contributed by atoms with Gasteiger partial charge in [-0.05, 0) is 71.8 Å². The maximum atomic E-state index is 12.0. The number of ether oxygens (including phenoxy) is 1. The standard InChI is InChI=1S/C18H17Br2N3O3S/c1-10-4-3-5-12(6-10)17(25)22-23-18(27)21-15(24)9-26-16-11(2)7-13(19)8-14(16)20/h3-8H,9H2,1-2H3,(H,22,25)(H2,21,23,24,27). The SMILES string of the molecule is Cc1cccc(C(=O)NNC(=S)NC(=O)COc2c(C)cc(Br)cc2Br)c1. The quantitative estimate of drug-likeness (QED) is 0.429. The van der Waals surface area contributed by atoms with Crippen LogP contribution >= 0.6 is 44.1 Å². The zero-order valence-corrected chi connectivity index (χ0v) is 18.5. The third-order valence-corrected chi connectivity index (χ3v) is 4.62. The Labute approximate surface area is 179 Å². The van der Waals surface area contributed by atoms with E-state index in [-0.39, 0.29) is 17.6 Å². The molecule has 0 fully saturated rings. The minimum Gasteiger partial charge on any atom is -0.482 e. The van der Waals surface area contributed by atoms with Gasteiger partial charge < -0.3 is 4.74 Å². The average Bonchev–Trinajstić information content (AvgIpc) is 2.58. The van der Waals surface area contributed by atoms with Crippen LogP contribution < -0.4 is 20.9 Å². The van der Waals surface area contributed by atoms with Crippen LogP contribution in [-0.2, 0) is 4.79 Å². The maximum Gasteiger partial charge on any atom is 0.269 e. The topological polar surface area (TPSA) is 79.5 Å². The largest absolute Gasteiger partial charge is 0.482 e. The Morgan fingerprint density at radius 3 is 2.52 bits per heavy atom. The number of hydrazine groups is 1. The Bertz CT molecular complexity index is 867. The normalized spacial score (nSPS) is 10.1. The summed E-state index contributed by atoms with van der Waals surface area (Å²) < 4.78 is 7.17. The number of aryl methyl sites for hydroxylation is 2. The number of carbonyl (C=O) groups excluding carboxylic acids is 2. The van der Waals surface area contributed by atoms with Crippen LogP contribution in [0.3, 0.4) is 0 Å². The van der Waals surface area contributed by atoms with E-state index in [4.69, 9.17) is 17.0 Å². The number of halogens is 2. The first-order valence-corrected chi connectivity index (χ1v) is 9.81. The summed E-state index contributed by atoms with van der Waals surface area (Å²) in [7, 11) is 0. The van der Waals surface area contributed by atoms with Crippen LogP contribution in [0.5, 0.6) is 5.75 Å². The lowest BCUT2D eigenvalue weighted by Crippen LogP contribution is -2.49. The number of benzene rings is 2. The molecule has 2 amide bonds. The van der Waals surface area contributed by atoms with E-state index in [1.807, 2.05) is 32.0 Å². The van der Waals surface area contributed by atoms with Crippen molar-refractivity contribution in [1.82, 2.24) is 16.2 Å². The van der Waals surface area contributed by atoms with Crippen molar-refractivity contribution in [2.24, 2.45) is 0 Å². The van der Waals surface area contributed by atoms with E-state index in [0.717, 1.165) is 20.1 Å². The third-order valence-electron chi connectivity index (χ3n) is 3.36. The maximum absolute atomic E-state index is 12.0. The van der Waals surface area contributed by atoms with Gasteiger partial charge in [-0.2, -0.15) is 0 Å². The van der Waals surface area contributed by atoms with E-state index in [9.17, 15) is 9.59 Å². The Morgan fingerprint density at radius 1 is 1.11 bits per heavy atom. The van der Waals surface area contributed by atoms with Gasteiger partial charge in [0.2, 0.25) is 0 Å². The Balaban J connectivity index is 1.80. The minimum atomic E-state index is -0.452. The molecular formula is C18H17Br2N3O3S. The fraction of sp³-hybridized carbons (Fsp3) is 0.167. The Morgan fingerprint density at radius 2 is 1.85 bits per heavy atom. The van der Waals surface area contributed by atoms with Crippen molar-refractivity contribution < 1.29 is 14.3 Å². The first kappa shape index (κ1) is 21.3. The molecule has 0 aliphatic heterocycles. The summed E-state index contributed by atoms with van der Waals surface area (Å²) in [5, 5.41) is 2.40. The highest BCUT2D eigenvalue weighted by Gasteiger charge is 2.11. The highest BCUT2D eigenvalue weighted by molar-refractivity contribution is 9.11. The van der Waals surface area contributed by atoms with Gasteiger partial charge in [-0.3, -0.25) is 25.8 Å². The van der Waals surface area contributed by atoms with Gasteiger partial charge in [-0.25, -0.2) is 0 Å². The van der Waals surface area contributed by atoms with Gasteiger partial charge in [0.15, 0.2) is 11.7 Å². The second kappa shape index (κ2) is 9.82. The Kier molecular flexibility index (Phi) is 7.76. The monoisotopic (exact) mass is 513 g/mol. The zero-order valence-electron chi connectivity index (χ0n) is 14.6. The smallest absolute Gasteiger partial charge is 0.269 e. The van der Waals surface area contributed by atoms with E-state index in [1.165, 1.54) is 0 Å². The van der Waals surface area contributed by atoms with E-state index in [2.05, 4.69) is 48.0 Å². The summed E-state index contributed by atoms with van der Waals surface area (Å²) in [6.07, 6.45) is 0. The van der Waals surface area contributed by atoms with Crippen molar-refractivity contribution >= 4 is 61.0 Å². The van der Waals surface area contributed by atoms with Gasteiger partial charge in [0.25, 0.3) is 11.8 Å². The first-order chi connectivity index (χ1) is 12.8. The molecule has 3 N–H and O–H groups in total. The van der Waals surface area contributed by atoms with Crippen LogP contribution in [0, 0.1) is 13.8 Å². The number of hydrogen-bond acceptors (Lipinski definition) is 4. The summed E-state index contributed by atoms with van der Waals surface area (Å²) in [6, 6.07) is 10.8. The number of hydrogen-bond donors (Lipinski definition) is 3. The molecule has 0 saturated carbocycles. The summed E-state index contributed by atoms with van der Waals surface area (Å²) in [5.41, 5.74) is 7.24. The number of carbonyl (C=O) groups is 2. The van der Waals surface area contributed by atoms with Gasteiger partial charge in [0, 0.05) is 10.0 Å². The number of rotatable bonds is 4. The fourth-order valence-electron chi connectivity index (χ4n) is 2.18. The highest BCUT2D eigenvalue weighted by atomic mass is 79.9. The van der Waals surface area contributed by atoms with Crippen LogP contribution in [0.4, 0.5) is 0 Å². The van der Waals surface area contributed by atoms with Crippen LogP contribution in [-0.4, -0.2) is 23.5 Å². The van der Waals surface area contributed by atoms with Gasteiger partial charge in [-0.15, -0.1) is 0 Å². The molecule has 0 atom stereocenters. The van der Waals surface area contributed by atoms with Crippen LogP contribution in [0.25, 0.3) is 0 Å². The average molecular weight is 515 g/mol. The van der Waals surface area contributed by atoms with Crippen LogP contribution in [0.15, 0.2) is 45.3 Å². The molecule has 0 heterocycles. The van der Waals surface area contributed by atoms with E-state index in [0.29, 0.717) is 11.3 Å². The molecular weight excluding hydrogens is 498 g/mol. The molecule has 142 valence electrons. The lowest BCUT2D eigenvalue weighted by molar-refractivity contribution is -0.121. The molecule has 0 radical (unpaired) electrons. The molecule has 0 bridgehead atoms. The van der Waals surface area contributed by atoms with Gasteiger partial charge >= 0.3 is 0 Å². The van der Waals surface area contributed by atoms with Crippen molar-refractivity contribution in [2.75, 3.05) is 6.61 Å². The fourth-order valence-corrected chi connectivity index (χ4v) is 3.89. The van der Waals surface area contributed by atoms with Crippen molar-refractivity contribution in [3.63, 3.8) is 0 Å². The molecule has 0 aliphatic carbocycles. The molecule has 0 aromatic heterocycles. The summed E-state index contributed by atoms with van der Waals surface area (Å²) in [6.45, 7) is 3.53. The molecule has 0 saturated heterocycles. The molecule has 0 aliphatic rings. The number of thiocarbonyl (C=S) groups is 1. The van der Waals surface area contributed by atoms with Crippen LogP contribution in [0.2, 0.25) is 0 Å². The molecule has 0 spiro atoms. The molecule has 6 nitrogen and oxygen atoms in total. The van der Waals surface area contributed by atoms with E-state index >= 15 is 0 Å². The second-order valence-electron chi connectivity index (χ2n) is 5.65. The minimum absolute atomic E-state index is 0.0313. The summed E-state index contributed by atoms with van der Waals surface area (Å²) in [5.74, 6) is -0.243. The molecule has 2 rings (SSSR count). The molecule has 2 aromatic rings. The molecule has 2 aromatic carbocycles. The molecule has 27 heavy (non-hydrogen) atoms. The predicted molar refractivity (Wildman–Crippen MR) is 115 cm³/mol. The van der Waals surface area contributed by atoms with Crippen LogP contribution in [0.1, 0.15) is 21.5 Å². The lowest BCUT2D eigenvalue weighted by atomic mass is 10.1. The third kappa shape index (κ3) is 6.60. The van der Waals surface area contributed by atoms with Crippen molar-refractivity contribution in [3.8, 4) is 5.75 Å². The Hall–Kier alpha value is -1.97. The van der Waals surface area contributed by atoms with Gasteiger partial charge in [-0.1, -0.05) is 33.6 Å². The van der Waals surface area contributed by atoms with E-state index < -0.39 is 5.91 Å². The second-order valence-corrected chi connectivity index (χ2v) is 7.83. The molecule has 0 unspecified atom stereocenters. The number of nitrogens with one attached hydrogen (secondary N) is 3. The summed E-state index contributed by atoms with van der Waals surface area (Å²) in [4.78, 5) is 24.0. The first-order valence-electron chi connectivity index (χ1n) is 7.81. The van der Waals surface area contributed by atoms with Gasteiger partial charge in [0.1, 0.15) is 5.75 Å². The van der Waals surface area contributed by atoms with E-state index in [1.54, 1.807) is 18.2 Å². The van der Waals surface area contributed by atoms with Gasteiger partial charge in [0.05, 0.1) is 4.47 Å². The van der Waals surface area contributed by atoms with Crippen molar-refractivity contribution in [3.05, 3.63) is 62.0 Å². The predicted octanol–water partition coefficient (Wildman–Crippen LogP) is 3.54. The zero-order chi connectivity index (χ0) is 20.0. The lowest BCUT2D eigenvalue weighted by Gasteiger charge is -2.13. The summed E-state index contributed by atoms with van der Waals surface area (Å²) >= 11 is 11.8. The van der Waals surface area contributed by atoms with Crippen molar-refractivity contribution in [2.45, 2.75) is 13.8 Å².